The van der Waals surface area contributed by atoms with E-state index in [-0.39, 0.29) is 39.3 Å². The predicted octanol–water partition coefficient (Wildman–Crippen LogP) is 3.34. The van der Waals surface area contributed by atoms with Crippen LogP contribution < -0.4 is 5.73 Å². The largest absolute Gasteiger partial charge is 0.392 e. The summed E-state index contributed by atoms with van der Waals surface area (Å²) in [4.78, 5) is 24.3. The van der Waals surface area contributed by atoms with Crippen molar-refractivity contribution in [3.63, 3.8) is 0 Å². The standard InChI is InChI=1S/C14H20ClN3O3/c1-8(14(2,3)4)17(5)13(19)9-6-10(15)12(16)11(7-9)18(20)21/h6-8H,16H2,1-5H3. The maximum absolute atomic E-state index is 12.5. The molecule has 0 fully saturated rings. The molecule has 0 bridgehead atoms. The lowest BCUT2D eigenvalue weighted by molar-refractivity contribution is -0.383. The zero-order chi connectivity index (χ0) is 16.5. The first-order valence-corrected chi connectivity index (χ1v) is 6.85. The van der Waals surface area contributed by atoms with Gasteiger partial charge in [0.05, 0.1) is 9.95 Å². The van der Waals surface area contributed by atoms with E-state index in [9.17, 15) is 14.9 Å². The van der Waals surface area contributed by atoms with Gasteiger partial charge < -0.3 is 10.6 Å². The molecule has 1 atom stereocenters. The minimum atomic E-state index is -0.648. The average molecular weight is 314 g/mol. The molecular formula is C14H20ClN3O3. The predicted molar refractivity (Wildman–Crippen MR) is 83.5 cm³/mol. The van der Waals surface area contributed by atoms with Crippen LogP contribution in [0.4, 0.5) is 11.4 Å². The van der Waals surface area contributed by atoms with Crippen molar-refractivity contribution in [2.24, 2.45) is 5.41 Å². The number of nitro benzene ring substituents is 1. The Hall–Kier alpha value is -1.82. The van der Waals surface area contributed by atoms with E-state index < -0.39 is 4.92 Å². The van der Waals surface area contributed by atoms with Crippen molar-refractivity contribution in [2.45, 2.75) is 33.7 Å². The van der Waals surface area contributed by atoms with Gasteiger partial charge in [0, 0.05) is 24.7 Å². The number of benzene rings is 1. The van der Waals surface area contributed by atoms with E-state index in [1.165, 1.54) is 6.07 Å². The highest BCUT2D eigenvalue weighted by Crippen LogP contribution is 2.32. The third-order valence-corrected chi connectivity index (χ3v) is 4.02. The molecule has 0 aliphatic heterocycles. The van der Waals surface area contributed by atoms with Gasteiger partial charge in [0.2, 0.25) is 0 Å². The number of hydrogen-bond acceptors (Lipinski definition) is 4. The van der Waals surface area contributed by atoms with Gasteiger partial charge in [0.1, 0.15) is 5.69 Å². The molecule has 0 aliphatic rings. The van der Waals surface area contributed by atoms with Crippen LogP contribution in [0.1, 0.15) is 38.1 Å². The Labute approximate surface area is 129 Å². The fourth-order valence-corrected chi connectivity index (χ4v) is 2.05. The molecule has 0 radical (unpaired) electrons. The van der Waals surface area contributed by atoms with E-state index in [4.69, 9.17) is 17.3 Å². The Bertz CT molecular complexity index is 582. The first-order chi connectivity index (χ1) is 9.46. The lowest BCUT2D eigenvalue weighted by atomic mass is 9.87. The number of rotatable bonds is 3. The number of hydrogen-bond donors (Lipinski definition) is 1. The summed E-state index contributed by atoms with van der Waals surface area (Å²) in [5.41, 5.74) is 5.10. The zero-order valence-corrected chi connectivity index (χ0v) is 13.6. The van der Waals surface area contributed by atoms with Gasteiger partial charge >= 0.3 is 0 Å². The van der Waals surface area contributed by atoms with E-state index in [1.807, 2.05) is 27.7 Å². The highest BCUT2D eigenvalue weighted by atomic mass is 35.5. The quantitative estimate of drug-likeness (QED) is 0.526. The van der Waals surface area contributed by atoms with Gasteiger partial charge in [-0.1, -0.05) is 32.4 Å². The minimum Gasteiger partial charge on any atom is -0.392 e. The molecule has 0 spiro atoms. The third-order valence-electron chi connectivity index (χ3n) is 3.71. The molecule has 21 heavy (non-hydrogen) atoms. The number of nitrogens with two attached hydrogens (primary N) is 1. The van der Waals surface area contributed by atoms with E-state index in [0.717, 1.165) is 6.07 Å². The molecule has 1 unspecified atom stereocenters. The molecule has 1 rings (SSSR count). The summed E-state index contributed by atoms with van der Waals surface area (Å²) in [6.07, 6.45) is 0. The summed E-state index contributed by atoms with van der Waals surface area (Å²) < 4.78 is 0. The van der Waals surface area contributed by atoms with Gasteiger partial charge in [-0.25, -0.2) is 0 Å². The number of halogens is 1. The average Bonchev–Trinajstić information content (AvgIpc) is 2.37. The molecule has 0 aromatic heterocycles. The van der Waals surface area contributed by atoms with Crippen molar-refractivity contribution in [2.75, 3.05) is 12.8 Å². The van der Waals surface area contributed by atoms with Gasteiger partial charge in [-0.3, -0.25) is 14.9 Å². The van der Waals surface area contributed by atoms with Crippen LogP contribution in [0.3, 0.4) is 0 Å². The van der Waals surface area contributed by atoms with Crippen LogP contribution >= 0.6 is 11.6 Å². The number of nitrogen functional groups attached to an aromatic ring is 1. The van der Waals surface area contributed by atoms with Gasteiger partial charge in [-0.2, -0.15) is 0 Å². The van der Waals surface area contributed by atoms with Gasteiger partial charge in [-0.15, -0.1) is 0 Å². The minimum absolute atomic E-state index is 0.00404. The van der Waals surface area contributed by atoms with Gasteiger partial charge in [0.15, 0.2) is 0 Å². The van der Waals surface area contributed by atoms with Crippen LogP contribution in [-0.4, -0.2) is 28.8 Å². The van der Waals surface area contributed by atoms with Crippen LogP contribution in [0.2, 0.25) is 5.02 Å². The molecule has 7 heteroatoms. The lowest BCUT2D eigenvalue weighted by Crippen LogP contribution is -2.43. The smallest absolute Gasteiger partial charge is 0.294 e. The molecule has 1 aromatic rings. The van der Waals surface area contributed by atoms with Crippen molar-refractivity contribution in [1.29, 1.82) is 0 Å². The fraction of sp³-hybridized carbons (Fsp3) is 0.500. The summed E-state index contributed by atoms with van der Waals surface area (Å²) in [6, 6.07) is 2.47. The molecule has 1 aromatic carbocycles. The van der Waals surface area contributed by atoms with Crippen LogP contribution in [0, 0.1) is 15.5 Å². The normalized spacial score (nSPS) is 12.9. The number of carbonyl (C=O) groups is 1. The first kappa shape index (κ1) is 17.2. The van der Waals surface area contributed by atoms with Crippen molar-refractivity contribution in [3.05, 3.63) is 32.8 Å². The Balaban J connectivity index is 3.23. The number of carbonyl (C=O) groups excluding carboxylic acids is 1. The van der Waals surface area contributed by atoms with Crippen LogP contribution in [0.25, 0.3) is 0 Å². The highest BCUT2D eigenvalue weighted by molar-refractivity contribution is 6.34. The summed E-state index contributed by atoms with van der Waals surface area (Å²) >= 11 is 5.88. The molecule has 2 N–H and O–H groups in total. The summed E-state index contributed by atoms with van der Waals surface area (Å²) in [5, 5.41) is 11.0. The van der Waals surface area contributed by atoms with Gasteiger partial charge in [0.25, 0.3) is 11.6 Å². The summed E-state index contributed by atoms with van der Waals surface area (Å²) in [6.45, 7) is 7.96. The topological polar surface area (TPSA) is 89.5 Å². The number of anilines is 1. The number of nitro groups is 1. The third kappa shape index (κ3) is 3.64. The van der Waals surface area contributed by atoms with E-state index in [2.05, 4.69) is 0 Å². The zero-order valence-electron chi connectivity index (χ0n) is 12.8. The summed E-state index contributed by atoms with van der Waals surface area (Å²) in [7, 11) is 1.66. The molecule has 1 amide bonds. The number of nitrogens with zero attached hydrogens (tertiary/aromatic N) is 2. The second-order valence-corrected chi connectivity index (χ2v) is 6.51. The van der Waals surface area contributed by atoms with Gasteiger partial charge in [-0.05, 0) is 18.4 Å². The Kier molecular flexibility index (Phi) is 4.83. The number of amides is 1. The Morgan fingerprint density at radius 1 is 1.43 bits per heavy atom. The van der Waals surface area contributed by atoms with Crippen molar-refractivity contribution >= 4 is 28.9 Å². The second kappa shape index (κ2) is 5.89. The van der Waals surface area contributed by atoms with Crippen LogP contribution in [0.5, 0.6) is 0 Å². The van der Waals surface area contributed by atoms with Crippen LogP contribution in [-0.2, 0) is 0 Å². The molecular weight excluding hydrogens is 294 g/mol. The maximum atomic E-state index is 12.5. The fourth-order valence-electron chi connectivity index (χ4n) is 1.84. The highest BCUT2D eigenvalue weighted by Gasteiger charge is 2.29. The Morgan fingerprint density at radius 2 is 1.95 bits per heavy atom. The van der Waals surface area contributed by atoms with Crippen molar-refractivity contribution in [1.82, 2.24) is 4.90 Å². The lowest BCUT2D eigenvalue weighted by Gasteiger charge is -2.35. The molecule has 6 nitrogen and oxygen atoms in total. The second-order valence-electron chi connectivity index (χ2n) is 6.11. The monoisotopic (exact) mass is 313 g/mol. The molecule has 116 valence electrons. The van der Waals surface area contributed by atoms with E-state index >= 15 is 0 Å². The SMILES string of the molecule is CC(N(C)C(=O)c1cc(Cl)c(N)c([N+](=O)[O-])c1)C(C)(C)C. The molecule has 0 aliphatic carbocycles. The molecule has 0 saturated heterocycles. The maximum Gasteiger partial charge on any atom is 0.294 e. The van der Waals surface area contributed by atoms with Crippen LogP contribution in [0.15, 0.2) is 12.1 Å². The Morgan fingerprint density at radius 3 is 2.38 bits per heavy atom. The summed E-state index contributed by atoms with van der Waals surface area (Å²) in [5.74, 6) is -0.331. The molecule has 0 saturated carbocycles. The van der Waals surface area contributed by atoms with E-state index in [0.29, 0.717) is 0 Å². The first-order valence-electron chi connectivity index (χ1n) is 6.47. The van der Waals surface area contributed by atoms with Crippen molar-refractivity contribution < 1.29 is 9.72 Å². The van der Waals surface area contributed by atoms with E-state index in [1.54, 1.807) is 11.9 Å². The van der Waals surface area contributed by atoms with Crippen molar-refractivity contribution in [3.8, 4) is 0 Å². The molecule has 0 heterocycles.